The highest BCUT2D eigenvalue weighted by atomic mass is 16.5. The highest BCUT2D eigenvalue weighted by Crippen LogP contribution is 2.20. The topological polar surface area (TPSA) is 56.2 Å². The highest BCUT2D eigenvalue weighted by Gasteiger charge is 2.13. The fourth-order valence-corrected chi connectivity index (χ4v) is 2.24. The molecule has 0 bridgehead atoms. The van der Waals surface area contributed by atoms with Gasteiger partial charge in [0.05, 0.1) is 6.07 Å². The van der Waals surface area contributed by atoms with Crippen molar-refractivity contribution in [2.24, 2.45) is 0 Å². The quantitative estimate of drug-likeness (QED) is 0.578. The third-order valence-corrected chi connectivity index (χ3v) is 3.18. The number of aryl methyl sites for hydroxylation is 1. The summed E-state index contributed by atoms with van der Waals surface area (Å²) in [4.78, 5) is 2.33. The number of pyridine rings is 1. The van der Waals surface area contributed by atoms with Crippen molar-refractivity contribution in [3.8, 4) is 0 Å². The molecule has 0 aliphatic carbocycles. The van der Waals surface area contributed by atoms with Gasteiger partial charge in [-0.05, 0) is 19.8 Å². The van der Waals surface area contributed by atoms with Crippen LogP contribution >= 0.6 is 0 Å². The number of aromatic nitrogens is 1. The summed E-state index contributed by atoms with van der Waals surface area (Å²) >= 11 is 0. The second kappa shape index (κ2) is 4.60. The largest absolute Gasteiger partial charge is 0.710 e. The summed E-state index contributed by atoms with van der Waals surface area (Å²) in [6, 6.07) is 3.71. The molecule has 2 heterocycles. The lowest BCUT2D eigenvalue weighted by Gasteiger charge is -2.23. The smallest absolute Gasteiger partial charge is 0.277 e. The van der Waals surface area contributed by atoms with Gasteiger partial charge in [0.15, 0.2) is 0 Å². The predicted molar refractivity (Wildman–Crippen MR) is 65.2 cm³/mol. The van der Waals surface area contributed by atoms with E-state index in [9.17, 15) is 5.21 Å². The van der Waals surface area contributed by atoms with Crippen molar-refractivity contribution >= 4 is 11.5 Å². The van der Waals surface area contributed by atoms with Gasteiger partial charge in [0, 0.05) is 24.8 Å². The van der Waals surface area contributed by atoms with Gasteiger partial charge in [-0.15, -0.1) is 0 Å². The molecule has 4 nitrogen and oxygen atoms in total. The van der Waals surface area contributed by atoms with Crippen LogP contribution in [0.2, 0.25) is 0 Å². The second-order valence-corrected chi connectivity index (χ2v) is 4.48. The zero-order valence-electron chi connectivity index (χ0n) is 9.78. The lowest BCUT2D eigenvalue weighted by molar-refractivity contribution is -0.596. The van der Waals surface area contributed by atoms with Gasteiger partial charge in [0.25, 0.3) is 5.82 Å². The summed E-state index contributed by atoms with van der Waals surface area (Å²) in [6.45, 7) is 3.94. The number of nitrogens with zero attached hydrogens (tertiary/aromatic N) is 2. The Morgan fingerprint density at radius 1 is 1.19 bits per heavy atom. The molecule has 0 spiro atoms. The van der Waals surface area contributed by atoms with E-state index in [0.29, 0.717) is 11.5 Å². The van der Waals surface area contributed by atoms with Crippen LogP contribution in [0.4, 0.5) is 11.5 Å². The Bertz CT molecular complexity index is 348. The molecule has 0 aromatic carbocycles. The van der Waals surface area contributed by atoms with E-state index in [0.717, 1.165) is 23.5 Å². The van der Waals surface area contributed by atoms with E-state index in [1.807, 2.05) is 6.07 Å². The van der Waals surface area contributed by atoms with Gasteiger partial charge in [-0.25, -0.2) is 4.73 Å². The number of rotatable bonds is 1. The first kappa shape index (κ1) is 11.0. The van der Waals surface area contributed by atoms with Gasteiger partial charge in [-0.3, -0.25) is 5.73 Å². The number of nitrogen functional groups attached to an aromatic ring is 1. The summed E-state index contributed by atoms with van der Waals surface area (Å²) in [6.07, 6.45) is 5.06. The molecular formula is C12H19N3O. The highest BCUT2D eigenvalue weighted by molar-refractivity contribution is 5.51. The molecule has 0 amide bonds. The van der Waals surface area contributed by atoms with Crippen LogP contribution in [0.3, 0.4) is 0 Å². The molecule has 88 valence electrons. The maximum absolute atomic E-state index is 11.4. The Hall–Kier alpha value is -1.45. The van der Waals surface area contributed by atoms with E-state index in [-0.39, 0.29) is 0 Å². The van der Waals surface area contributed by atoms with Crippen molar-refractivity contribution in [1.82, 2.24) is 0 Å². The maximum Gasteiger partial charge on any atom is 0.277 e. The first-order valence-corrected chi connectivity index (χ1v) is 5.93. The van der Waals surface area contributed by atoms with Crippen molar-refractivity contribution in [2.75, 3.05) is 23.7 Å². The average molecular weight is 221 g/mol. The lowest BCUT2D eigenvalue weighted by atomic mass is 10.2. The van der Waals surface area contributed by atoms with Crippen LogP contribution in [0.25, 0.3) is 0 Å². The maximum atomic E-state index is 11.4. The molecule has 16 heavy (non-hydrogen) atoms. The Kier molecular flexibility index (Phi) is 3.17. The summed E-state index contributed by atoms with van der Waals surface area (Å²) in [7, 11) is 0. The molecule has 1 fully saturated rings. The van der Waals surface area contributed by atoms with Crippen LogP contribution in [-0.4, -0.2) is 13.1 Å². The van der Waals surface area contributed by atoms with E-state index in [1.54, 1.807) is 13.0 Å². The molecular weight excluding hydrogens is 202 g/mol. The van der Waals surface area contributed by atoms with E-state index < -0.39 is 0 Å². The van der Waals surface area contributed by atoms with Gasteiger partial charge in [0.2, 0.25) is 0 Å². The monoisotopic (exact) mass is 221 g/mol. The summed E-state index contributed by atoms with van der Waals surface area (Å²) < 4.78 is 0.779. The number of anilines is 2. The van der Waals surface area contributed by atoms with Gasteiger partial charge >= 0.3 is 0 Å². The Morgan fingerprint density at radius 3 is 2.38 bits per heavy atom. The van der Waals surface area contributed by atoms with Crippen molar-refractivity contribution in [3.63, 3.8) is 0 Å². The van der Waals surface area contributed by atoms with Crippen LogP contribution in [0.5, 0.6) is 0 Å². The molecule has 0 saturated carbocycles. The molecule has 1 saturated heterocycles. The van der Waals surface area contributed by atoms with Crippen LogP contribution in [0.1, 0.15) is 31.4 Å². The molecule has 4 heteroatoms. The SMILES string of the molecule is Cc1cc(N2CCCCCC2)cc(N)[n+]1[O-]. The zero-order chi connectivity index (χ0) is 11.5. The van der Waals surface area contributed by atoms with Crippen LogP contribution < -0.4 is 15.4 Å². The van der Waals surface area contributed by atoms with Gasteiger partial charge in [0.1, 0.15) is 5.69 Å². The van der Waals surface area contributed by atoms with Crippen LogP contribution in [-0.2, 0) is 0 Å². The predicted octanol–water partition coefficient (Wildman–Crippen LogP) is 1.59. The number of hydrogen-bond acceptors (Lipinski definition) is 3. The molecule has 1 aliphatic heterocycles. The first-order valence-electron chi connectivity index (χ1n) is 5.93. The Labute approximate surface area is 96.3 Å². The second-order valence-electron chi connectivity index (χ2n) is 4.48. The Balaban J connectivity index is 2.25. The van der Waals surface area contributed by atoms with E-state index in [4.69, 9.17) is 5.73 Å². The third-order valence-electron chi connectivity index (χ3n) is 3.18. The standard InChI is InChI=1S/C12H19N3O/c1-10-8-11(9-12(13)15(10)16)14-6-4-2-3-5-7-14/h8-9H,2-7,13H2,1H3. The number of hydrogen-bond donors (Lipinski definition) is 1. The molecule has 1 aromatic heterocycles. The molecule has 2 rings (SSSR count). The van der Waals surface area contributed by atoms with Crippen molar-refractivity contribution in [3.05, 3.63) is 23.0 Å². The molecule has 0 atom stereocenters. The van der Waals surface area contributed by atoms with Crippen molar-refractivity contribution in [1.29, 1.82) is 0 Å². The third kappa shape index (κ3) is 2.21. The fourth-order valence-electron chi connectivity index (χ4n) is 2.24. The molecule has 0 unspecified atom stereocenters. The van der Waals surface area contributed by atoms with E-state index in [1.165, 1.54) is 25.7 Å². The molecule has 0 radical (unpaired) electrons. The Morgan fingerprint density at radius 2 is 1.81 bits per heavy atom. The average Bonchev–Trinajstić information content (AvgIpc) is 2.53. The summed E-state index contributed by atoms with van der Waals surface area (Å²) in [5.74, 6) is 0.291. The summed E-state index contributed by atoms with van der Waals surface area (Å²) in [5, 5.41) is 11.4. The van der Waals surface area contributed by atoms with Crippen LogP contribution in [0, 0.1) is 12.1 Å². The molecule has 2 N–H and O–H groups in total. The molecule has 1 aliphatic rings. The van der Waals surface area contributed by atoms with Gasteiger partial charge in [-0.1, -0.05) is 12.8 Å². The lowest BCUT2D eigenvalue weighted by Crippen LogP contribution is -2.35. The van der Waals surface area contributed by atoms with E-state index >= 15 is 0 Å². The number of nitrogens with two attached hydrogens (primary N) is 1. The molecule has 1 aromatic rings. The van der Waals surface area contributed by atoms with Crippen LogP contribution in [0.15, 0.2) is 12.1 Å². The minimum atomic E-state index is 0.291. The minimum Gasteiger partial charge on any atom is -0.710 e. The normalized spacial score (nSPS) is 17.2. The minimum absolute atomic E-state index is 0.291. The first-order chi connectivity index (χ1) is 7.68. The van der Waals surface area contributed by atoms with Gasteiger partial charge in [-0.2, -0.15) is 0 Å². The fraction of sp³-hybridized carbons (Fsp3) is 0.583. The van der Waals surface area contributed by atoms with Gasteiger partial charge < -0.3 is 10.1 Å². The van der Waals surface area contributed by atoms with Crippen molar-refractivity contribution < 1.29 is 4.73 Å². The summed E-state index contributed by atoms with van der Waals surface area (Å²) in [5.41, 5.74) is 7.44. The zero-order valence-corrected chi connectivity index (χ0v) is 9.78. The van der Waals surface area contributed by atoms with Crippen molar-refractivity contribution in [2.45, 2.75) is 32.6 Å². The van der Waals surface area contributed by atoms with E-state index in [2.05, 4.69) is 4.90 Å².